The minimum Gasteiger partial charge on any atom is -0.505 e. The minimum absolute atomic E-state index is 0.129. The van der Waals surface area contributed by atoms with Crippen molar-refractivity contribution < 1.29 is 46.0 Å². The Morgan fingerprint density at radius 2 is 0.659 bits per heavy atom. The molecule has 2 aromatic heterocycles. The van der Waals surface area contributed by atoms with E-state index in [4.69, 9.17) is 9.47 Å². The number of phenols is 2. The molecule has 0 spiro atoms. The fraction of sp³-hybridized carbons (Fsp3) is 0.314. The van der Waals surface area contributed by atoms with Gasteiger partial charge in [-0.1, -0.05) is 107 Å². The summed E-state index contributed by atoms with van der Waals surface area (Å²) in [6.07, 6.45) is 0.283. The molecule has 0 saturated heterocycles. The topological polar surface area (TPSA) is 68.8 Å². The number of unbranched alkanes of at least 4 members (excludes halogenated alkanes) is 1. The molecule has 0 amide bonds. The van der Waals surface area contributed by atoms with E-state index in [2.05, 4.69) is 107 Å². The van der Waals surface area contributed by atoms with E-state index in [0.717, 1.165) is 78.0 Å². The molecule has 0 aliphatic heterocycles. The highest BCUT2D eigenvalue weighted by atomic mass is 19.2. The molecule has 0 atom stereocenters. The molecule has 0 aliphatic carbocycles. The first kappa shape index (κ1) is 57.4. The van der Waals surface area contributed by atoms with Gasteiger partial charge in [0.05, 0.1) is 57.8 Å². The zero-order valence-electron chi connectivity index (χ0n) is 49.1. The quantitative estimate of drug-likeness (QED) is 0.0769. The van der Waals surface area contributed by atoms with Crippen LogP contribution >= 0.6 is 0 Å². The lowest BCUT2D eigenvalue weighted by Crippen LogP contribution is -2.10. The molecule has 2 N–H and O–H groups in total. The fourth-order valence-electron chi connectivity index (χ4n) is 11.1. The maximum atomic E-state index is 16.4. The van der Waals surface area contributed by atoms with E-state index in [1.54, 1.807) is 26.0 Å². The zero-order valence-corrected chi connectivity index (χ0v) is 49.1. The summed E-state index contributed by atoms with van der Waals surface area (Å²) in [7, 11) is 0. The van der Waals surface area contributed by atoms with Crippen LogP contribution in [0.4, 0.5) is 26.3 Å². The summed E-state index contributed by atoms with van der Waals surface area (Å²) in [5, 5.41) is 28.4. The van der Waals surface area contributed by atoms with Crippen molar-refractivity contribution in [2.24, 2.45) is 0 Å². The van der Waals surface area contributed by atoms with Gasteiger partial charge in [-0.2, -0.15) is 0 Å². The number of ether oxygens (including phenoxy) is 2. The summed E-state index contributed by atoms with van der Waals surface area (Å²) in [6.45, 7) is 28.7. The number of aryl methyl sites for hydroxylation is 2. The van der Waals surface area contributed by atoms with E-state index in [1.165, 1.54) is 12.1 Å². The molecule has 426 valence electrons. The molecule has 8 aromatic carbocycles. The Balaban J connectivity index is 0.957. The van der Waals surface area contributed by atoms with Crippen LogP contribution in [0.25, 0.3) is 77.2 Å². The predicted octanol–water partition coefficient (Wildman–Crippen LogP) is 19.5. The minimum atomic E-state index is -1.75. The van der Waals surface area contributed by atoms with E-state index in [-0.39, 0.29) is 81.7 Å². The van der Waals surface area contributed by atoms with Crippen molar-refractivity contribution in [2.75, 3.05) is 13.2 Å². The Kier molecular flexibility index (Phi) is 14.4. The average molecular weight is 1120 g/mol. The van der Waals surface area contributed by atoms with E-state index in [1.807, 2.05) is 57.7 Å². The van der Waals surface area contributed by atoms with Crippen LogP contribution in [0.3, 0.4) is 0 Å². The Bertz CT molecular complexity index is 3800. The molecule has 82 heavy (non-hydrogen) atoms. The number of hydrogen-bond acceptors (Lipinski definition) is 4. The lowest BCUT2D eigenvalue weighted by molar-refractivity contribution is 0.263. The van der Waals surface area contributed by atoms with Crippen molar-refractivity contribution in [3.63, 3.8) is 0 Å². The molecule has 0 unspecified atom stereocenters. The summed E-state index contributed by atoms with van der Waals surface area (Å²) in [5.41, 5.74) is 7.30. The molecule has 10 rings (SSSR count). The van der Waals surface area contributed by atoms with Gasteiger partial charge >= 0.3 is 0 Å². The van der Waals surface area contributed by atoms with Gasteiger partial charge in [-0.05, 0) is 155 Å². The third kappa shape index (κ3) is 10.2. The smallest absolute Gasteiger partial charge is 0.195 e. The van der Waals surface area contributed by atoms with Gasteiger partial charge in [0.25, 0.3) is 0 Å². The molecule has 2 heterocycles. The van der Waals surface area contributed by atoms with E-state index < -0.39 is 57.5 Å². The van der Waals surface area contributed by atoms with Crippen LogP contribution in [-0.4, -0.2) is 32.6 Å². The molecule has 6 nitrogen and oxygen atoms in total. The van der Waals surface area contributed by atoms with Gasteiger partial charge in [-0.25, -0.2) is 26.3 Å². The molecule has 10 aromatic rings. The van der Waals surface area contributed by atoms with Gasteiger partial charge < -0.3 is 28.8 Å². The van der Waals surface area contributed by atoms with Crippen molar-refractivity contribution >= 4 is 43.6 Å². The zero-order chi connectivity index (χ0) is 59.4. The van der Waals surface area contributed by atoms with Crippen molar-refractivity contribution in [1.29, 1.82) is 0 Å². The number of fused-ring (bicyclic) bond motifs is 6. The van der Waals surface area contributed by atoms with Crippen LogP contribution in [-0.2, 0) is 21.7 Å². The number of rotatable bonds is 11. The third-order valence-corrected chi connectivity index (χ3v) is 15.8. The Hall–Kier alpha value is -7.86. The summed E-state index contributed by atoms with van der Waals surface area (Å²) < 4.78 is 110. The second-order valence-corrected chi connectivity index (χ2v) is 26.1. The number of nitrogens with zero attached hydrogens (tertiary/aromatic N) is 2. The first-order chi connectivity index (χ1) is 38.3. The Labute approximate surface area is 475 Å². The predicted molar refractivity (Wildman–Crippen MR) is 320 cm³/mol. The van der Waals surface area contributed by atoms with E-state index in [0.29, 0.717) is 11.1 Å². The highest BCUT2D eigenvalue weighted by Crippen LogP contribution is 2.49. The van der Waals surface area contributed by atoms with Crippen LogP contribution in [0.1, 0.15) is 129 Å². The van der Waals surface area contributed by atoms with Gasteiger partial charge in [0.15, 0.2) is 34.9 Å². The molecule has 0 bridgehead atoms. The van der Waals surface area contributed by atoms with E-state index in [9.17, 15) is 10.2 Å². The van der Waals surface area contributed by atoms with Crippen molar-refractivity contribution in [3.05, 3.63) is 177 Å². The molecular formula is C70H70F6N2O4. The van der Waals surface area contributed by atoms with Crippen LogP contribution in [0.5, 0.6) is 23.0 Å². The lowest BCUT2D eigenvalue weighted by atomic mass is 9.85. The second kappa shape index (κ2) is 20.5. The maximum absolute atomic E-state index is 16.4. The molecule has 0 saturated carbocycles. The van der Waals surface area contributed by atoms with Gasteiger partial charge in [-0.3, -0.25) is 0 Å². The van der Waals surface area contributed by atoms with Gasteiger partial charge in [0.1, 0.15) is 23.0 Å². The number of benzene rings is 8. The standard InChI is InChI=1S/C70H70F6N2O4/c1-37-27-47(65(79)55(29-37)77-51-21-17-39(67(3,4)5)31-43(51)44-32-40(68(6,7)8)18-22-52(44)77)59-57(35-49(71)61(73)63(59)75)81-25-15-16-26-82-58-36-50(72)62(74)64(76)60(58)48-28-38(2)30-56(66(48)80)78-53-23-19-41(69(9,10)11)33-45(53)46-34-42(70(12,13)14)20-24-54(46)78/h17-24,27-36,79-80H,15-16,25-26H2,1-14H3. The Morgan fingerprint density at radius 3 is 0.927 bits per heavy atom. The van der Waals surface area contributed by atoms with Crippen molar-refractivity contribution in [3.8, 4) is 56.6 Å². The SMILES string of the molecule is Cc1cc(-c2c(OCCCCOc3cc(F)c(F)c(F)c3-c3cc(C)cc(-n4c5ccc(C(C)(C)C)cc5c5cc(C(C)(C)C)ccc54)c3O)cc(F)c(F)c2F)c(O)c(-n2c3ccc(C(C)(C)C)cc3c3cc(C(C)(C)C)ccc32)c1. The number of aromatic nitrogens is 2. The molecule has 12 heteroatoms. The molecule has 0 aliphatic rings. The third-order valence-electron chi connectivity index (χ3n) is 15.8. The first-order valence-corrected chi connectivity index (χ1v) is 27.8. The van der Waals surface area contributed by atoms with Crippen LogP contribution in [0.2, 0.25) is 0 Å². The average Bonchev–Trinajstić information content (AvgIpc) is 3.36. The first-order valence-electron chi connectivity index (χ1n) is 27.8. The van der Waals surface area contributed by atoms with Gasteiger partial charge in [-0.15, -0.1) is 0 Å². The highest BCUT2D eigenvalue weighted by molar-refractivity contribution is 6.11. The fourth-order valence-corrected chi connectivity index (χ4v) is 11.1. The number of aromatic hydroxyl groups is 2. The largest absolute Gasteiger partial charge is 0.505 e. The van der Waals surface area contributed by atoms with Gasteiger partial charge in [0, 0.05) is 44.8 Å². The molecule has 0 radical (unpaired) electrons. The summed E-state index contributed by atoms with van der Waals surface area (Å²) in [6, 6.07) is 32.7. The van der Waals surface area contributed by atoms with Crippen LogP contribution in [0, 0.1) is 48.8 Å². The lowest BCUT2D eigenvalue weighted by Gasteiger charge is -2.20. The number of halogens is 6. The molecule has 0 fully saturated rings. The van der Waals surface area contributed by atoms with Crippen molar-refractivity contribution in [1.82, 2.24) is 9.13 Å². The highest BCUT2D eigenvalue weighted by Gasteiger charge is 2.30. The summed E-state index contributed by atoms with van der Waals surface area (Å²) in [4.78, 5) is 0. The van der Waals surface area contributed by atoms with E-state index >= 15 is 26.3 Å². The number of hydrogen-bond donors (Lipinski definition) is 2. The van der Waals surface area contributed by atoms with Crippen LogP contribution in [0.15, 0.2) is 109 Å². The Morgan fingerprint density at radius 1 is 0.378 bits per heavy atom. The van der Waals surface area contributed by atoms with Gasteiger partial charge in [0.2, 0.25) is 0 Å². The normalized spacial score (nSPS) is 12.7. The van der Waals surface area contributed by atoms with Crippen molar-refractivity contribution in [2.45, 2.75) is 131 Å². The monoisotopic (exact) mass is 1120 g/mol. The number of phenolic OH excluding ortho intramolecular Hbond substituents is 2. The maximum Gasteiger partial charge on any atom is 0.195 e. The van der Waals surface area contributed by atoms with Crippen LogP contribution < -0.4 is 9.47 Å². The second-order valence-electron chi connectivity index (χ2n) is 26.1. The summed E-state index contributed by atoms with van der Waals surface area (Å²) in [5.74, 6) is -11.2. The summed E-state index contributed by atoms with van der Waals surface area (Å²) >= 11 is 0. The molecular weight excluding hydrogens is 1050 g/mol.